The number of hydrogen-bond donors (Lipinski definition) is 2. The summed E-state index contributed by atoms with van der Waals surface area (Å²) in [4.78, 5) is 19.2. The van der Waals surface area contributed by atoms with Gasteiger partial charge in [0.25, 0.3) is 5.91 Å². The molecule has 3 N–H and O–H groups in total. The number of anilines is 1. The fourth-order valence-electron chi connectivity index (χ4n) is 2.68. The quantitative estimate of drug-likeness (QED) is 0.776. The molecule has 124 valence electrons. The van der Waals surface area contributed by atoms with Crippen LogP contribution in [0.25, 0.3) is 0 Å². The third-order valence-electron chi connectivity index (χ3n) is 4.18. The molecule has 0 unspecified atom stereocenters. The van der Waals surface area contributed by atoms with Crippen molar-refractivity contribution in [3.05, 3.63) is 22.7 Å². The number of carbonyl (C=O) groups is 1. The van der Waals surface area contributed by atoms with E-state index in [1.807, 2.05) is 0 Å². The van der Waals surface area contributed by atoms with Crippen LogP contribution in [0.15, 0.2) is 17.1 Å². The zero-order chi connectivity index (χ0) is 16.4. The number of nitrogens with zero attached hydrogens (tertiary/aromatic N) is 2. The average Bonchev–Trinajstić information content (AvgIpc) is 3.24. The van der Waals surface area contributed by atoms with Gasteiger partial charge in [0, 0.05) is 19.2 Å². The standard InChI is InChI=1S/C16H21ClN4O2/c1-23-14-7-13(18)12(17)6-11(14)16(22)20-8-15-19-4-5-21(15)9-10-2-3-10/h6-7,10H,2-5,8-9,18H2,1H3,(H,20,22). The third-order valence-corrected chi connectivity index (χ3v) is 4.50. The van der Waals surface area contributed by atoms with E-state index < -0.39 is 0 Å². The Morgan fingerprint density at radius 2 is 2.30 bits per heavy atom. The maximum absolute atomic E-state index is 12.4. The van der Waals surface area contributed by atoms with Crippen LogP contribution < -0.4 is 15.8 Å². The maximum Gasteiger partial charge on any atom is 0.255 e. The number of amidine groups is 1. The Kier molecular flexibility index (Phi) is 4.61. The minimum atomic E-state index is -0.246. The summed E-state index contributed by atoms with van der Waals surface area (Å²) in [6, 6.07) is 3.09. The summed E-state index contributed by atoms with van der Waals surface area (Å²) in [7, 11) is 1.50. The van der Waals surface area contributed by atoms with Crippen molar-refractivity contribution in [3.63, 3.8) is 0 Å². The number of ether oxygens (including phenoxy) is 1. The molecule has 2 aliphatic rings. The third kappa shape index (κ3) is 3.69. The highest BCUT2D eigenvalue weighted by Crippen LogP contribution is 2.30. The molecule has 3 rings (SSSR count). The number of nitrogen functional groups attached to an aromatic ring is 1. The molecule has 7 heteroatoms. The topological polar surface area (TPSA) is 79.9 Å². The van der Waals surface area contributed by atoms with Crippen LogP contribution >= 0.6 is 11.6 Å². The molecule has 23 heavy (non-hydrogen) atoms. The first-order valence-corrected chi connectivity index (χ1v) is 8.15. The van der Waals surface area contributed by atoms with Crippen LogP contribution in [0.4, 0.5) is 5.69 Å². The molecule has 1 aromatic carbocycles. The summed E-state index contributed by atoms with van der Waals surface area (Å²) >= 11 is 6.01. The van der Waals surface area contributed by atoms with Crippen LogP contribution in [-0.2, 0) is 0 Å². The molecule has 1 fully saturated rings. The Hall–Kier alpha value is -1.95. The van der Waals surface area contributed by atoms with Crippen LogP contribution in [0.1, 0.15) is 23.2 Å². The lowest BCUT2D eigenvalue weighted by atomic mass is 10.1. The zero-order valence-corrected chi connectivity index (χ0v) is 13.9. The summed E-state index contributed by atoms with van der Waals surface area (Å²) in [5, 5.41) is 3.23. The van der Waals surface area contributed by atoms with Gasteiger partial charge < -0.3 is 20.7 Å². The van der Waals surface area contributed by atoms with E-state index in [2.05, 4.69) is 15.2 Å². The van der Waals surface area contributed by atoms with Gasteiger partial charge in [-0.05, 0) is 24.8 Å². The van der Waals surface area contributed by atoms with Crippen molar-refractivity contribution in [2.75, 3.05) is 39.0 Å². The Morgan fingerprint density at radius 1 is 1.52 bits per heavy atom. The Labute approximate surface area is 140 Å². The van der Waals surface area contributed by atoms with Gasteiger partial charge in [0.15, 0.2) is 0 Å². The second-order valence-corrected chi connectivity index (χ2v) is 6.35. The molecule has 0 atom stereocenters. The number of rotatable bonds is 6. The van der Waals surface area contributed by atoms with Crippen molar-refractivity contribution in [1.82, 2.24) is 10.2 Å². The maximum atomic E-state index is 12.4. The summed E-state index contributed by atoms with van der Waals surface area (Å²) < 4.78 is 5.22. The number of nitrogens with one attached hydrogen (secondary N) is 1. The number of benzene rings is 1. The van der Waals surface area contributed by atoms with Gasteiger partial charge in [-0.3, -0.25) is 9.79 Å². The highest BCUT2D eigenvalue weighted by atomic mass is 35.5. The molecule has 1 saturated carbocycles. The number of methoxy groups -OCH3 is 1. The van der Waals surface area contributed by atoms with Gasteiger partial charge in [-0.25, -0.2) is 0 Å². The number of aliphatic imine (C=N–C) groups is 1. The molecule has 0 radical (unpaired) electrons. The molecule has 0 saturated heterocycles. The lowest BCUT2D eigenvalue weighted by Gasteiger charge is -2.20. The highest BCUT2D eigenvalue weighted by Gasteiger charge is 2.27. The van der Waals surface area contributed by atoms with Crippen LogP contribution in [-0.4, -0.2) is 49.9 Å². The minimum absolute atomic E-state index is 0.246. The molecule has 0 bridgehead atoms. The first-order chi connectivity index (χ1) is 11.1. The van der Waals surface area contributed by atoms with E-state index >= 15 is 0 Å². The van der Waals surface area contributed by atoms with Gasteiger partial charge in [0.2, 0.25) is 0 Å². The molecule has 1 amide bonds. The molecule has 1 aliphatic heterocycles. The van der Waals surface area contributed by atoms with E-state index in [4.69, 9.17) is 22.1 Å². The summed E-state index contributed by atoms with van der Waals surface area (Å²) in [6.45, 7) is 3.20. The van der Waals surface area contributed by atoms with Gasteiger partial charge in [-0.15, -0.1) is 0 Å². The predicted octanol–water partition coefficient (Wildman–Crippen LogP) is 1.78. The fourth-order valence-corrected chi connectivity index (χ4v) is 2.84. The van der Waals surface area contributed by atoms with Crippen LogP contribution in [0.5, 0.6) is 5.75 Å². The Balaban J connectivity index is 1.64. The second-order valence-electron chi connectivity index (χ2n) is 5.94. The number of halogens is 1. The van der Waals surface area contributed by atoms with Crippen LogP contribution in [0, 0.1) is 5.92 Å². The van der Waals surface area contributed by atoms with Gasteiger partial charge in [-0.1, -0.05) is 11.6 Å². The monoisotopic (exact) mass is 336 g/mol. The number of hydrogen-bond acceptors (Lipinski definition) is 5. The average molecular weight is 337 g/mol. The number of nitrogens with two attached hydrogens (primary N) is 1. The smallest absolute Gasteiger partial charge is 0.255 e. The van der Waals surface area contributed by atoms with Crippen LogP contribution in [0.2, 0.25) is 5.02 Å². The molecular formula is C16H21ClN4O2. The second kappa shape index (κ2) is 6.66. The summed E-state index contributed by atoms with van der Waals surface area (Å²) in [5.74, 6) is 1.91. The Bertz CT molecular complexity index is 643. The molecule has 6 nitrogen and oxygen atoms in total. The molecule has 0 spiro atoms. The number of amides is 1. The van der Waals surface area contributed by atoms with E-state index in [0.29, 0.717) is 28.6 Å². The first-order valence-electron chi connectivity index (χ1n) is 7.78. The van der Waals surface area contributed by atoms with Crippen molar-refractivity contribution in [2.24, 2.45) is 10.9 Å². The van der Waals surface area contributed by atoms with E-state index in [9.17, 15) is 4.79 Å². The van der Waals surface area contributed by atoms with Gasteiger partial charge in [0.1, 0.15) is 11.6 Å². The van der Waals surface area contributed by atoms with E-state index in [0.717, 1.165) is 31.4 Å². The van der Waals surface area contributed by atoms with E-state index in [-0.39, 0.29) is 5.91 Å². The largest absolute Gasteiger partial charge is 0.496 e. The van der Waals surface area contributed by atoms with E-state index in [1.165, 1.54) is 26.0 Å². The first kappa shape index (κ1) is 15.9. The summed E-state index contributed by atoms with van der Waals surface area (Å²) in [6.07, 6.45) is 2.61. The van der Waals surface area contributed by atoms with Crippen molar-refractivity contribution < 1.29 is 9.53 Å². The molecule has 1 aromatic rings. The highest BCUT2D eigenvalue weighted by molar-refractivity contribution is 6.33. The van der Waals surface area contributed by atoms with E-state index in [1.54, 1.807) is 6.07 Å². The van der Waals surface area contributed by atoms with Crippen molar-refractivity contribution in [2.45, 2.75) is 12.8 Å². The molecule has 1 heterocycles. The molecular weight excluding hydrogens is 316 g/mol. The predicted molar refractivity (Wildman–Crippen MR) is 91.3 cm³/mol. The van der Waals surface area contributed by atoms with Gasteiger partial charge >= 0.3 is 0 Å². The number of carbonyl (C=O) groups excluding carboxylic acids is 1. The van der Waals surface area contributed by atoms with Gasteiger partial charge in [-0.2, -0.15) is 0 Å². The van der Waals surface area contributed by atoms with Gasteiger partial charge in [0.05, 0.1) is 36.5 Å². The zero-order valence-electron chi connectivity index (χ0n) is 13.1. The van der Waals surface area contributed by atoms with Crippen molar-refractivity contribution in [3.8, 4) is 5.75 Å². The fraction of sp³-hybridized carbons (Fsp3) is 0.500. The Morgan fingerprint density at radius 3 is 3.00 bits per heavy atom. The lowest BCUT2D eigenvalue weighted by Crippen LogP contribution is -2.39. The molecule has 1 aliphatic carbocycles. The normalized spacial score (nSPS) is 17.1. The van der Waals surface area contributed by atoms with Crippen molar-refractivity contribution >= 4 is 29.0 Å². The van der Waals surface area contributed by atoms with Crippen molar-refractivity contribution in [1.29, 1.82) is 0 Å². The lowest BCUT2D eigenvalue weighted by molar-refractivity contribution is 0.0955. The SMILES string of the molecule is COc1cc(N)c(Cl)cc1C(=O)NCC1=NCCN1CC1CC1. The van der Waals surface area contributed by atoms with Crippen LogP contribution in [0.3, 0.4) is 0 Å². The summed E-state index contributed by atoms with van der Waals surface area (Å²) in [5.41, 5.74) is 6.50. The minimum Gasteiger partial charge on any atom is -0.496 e. The molecule has 0 aromatic heterocycles.